The molecule has 0 unspecified atom stereocenters. The van der Waals surface area contributed by atoms with Crippen LogP contribution in [-0.4, -0.2) is 29.4 Å². The SMILES string of the molecule is CC(C)(C)OC(=O)NCCc1ccc(C(=O)CBr)s1. The van der Waals surface area contributed by atoms with Gasteiger partial charge in [0.2, 0.25) is 0 Å². The van der Waals surface area contributed by atoms with Gasteiger partial charge in [-0.1, -0.05) is 15.9 Å². The van der Waals surface area contributed by atoms with E-state index in [0.717, 1.165) is 9.75 Å². The molecule has 0 saturated carbocycles. The van der Waals surface area contributed by atoms with Crippen molar-refractivity contribution < 1.29 is 14.3 Å². The third-order valence-corrected chi connectivity index (χ3v) is 3.79. The van der Waals surface area contributed by atoms with Crippen LogP contribution in [0.25, 0.3) is 0 Å². The fourth-order valence-electron chi connectivity index (χ4n) is 1.33. The van der Waals surface area contributed by atoms with Crippen molar-refractivity contribution in [3.8, 4) is 0 Å². The Labute approximate surface area is 125 Å². The number of Topliss-reactive ketones (excluding diaryl/α,β-unsaturated/α-hetero) is 1. The Kier molecular flexibility index (Phi) is 6.00. The van der Waals surface area contributed by atoms with Gasteiger partial charge in [-0.3, -0.25) is 4.79 Å². The highest BCUT2D eigenvalue weighted by Gasteiger charge is 2.15. The number of nitrogens with one attached hydrogen (secondary N) is 1. The van der Waals surface area contributed by atoms with E-state index >= 15 is 0 Å². The molecule has 1 amide bonds. The molecule has 0 aliphatic rings. The van der Waals surface area contributed by atoms with Gasteiger partial charge < -0.3 is 10.1 Å². The highest BCUT2D eigenvalue weighted by atomic mass is 79.9. The lowest BCUT2D eigenvalue weighted by molar-refractivity contribution is 0.0528. The molecule has 0 spiro atoms. The first-order valence-corrected chi connectivity index (χ1v) is 7.90. The molecular weight excluding hydrogens is 330 g/mol. The van der Waals surface area contributed by atoms with Crippen LogP contribution in [0, 0.1) is 0 Å². The highest BCUT2D eigenvalue weighted by molar-refractivity contribution is 9.09. The number of ketones is 1. The number of hydrogen-bond donors (Lipinski definition) is 1. The molecule has 1 rings (SSSR count). The van der Waals surface area contributed by atoms with Gasteiger partial charge in [-0.25, -0.2) is 4.79 Å². The van der Waals surface area contributed by atoms with Crippen molar-refractivity contribution in [1.29, 1.82) is 0 Å². The molecule has 0 aliphatic carbocycles. The summed E-state index contributed by atoms with van der Waals surface area (Å²) in [5.74, 6) is 0.0800. The van der Waals surface area contributed by atoms with E-state index in [1.165, 1.54) is 11.3 Å². The first-order valence-electron chi connectivity index (χ1n) is 5.96. The topological polar surface area (TPSA) is 55.4 Å². The summed E-state index contributed by atoms with van der Waals surface area (Å²) >= 11 is 4.60. The van der Waals surface area contributed by atoms with Gasteiger partial charge in [-0.05, 0) is 39.3 Å². The number of thiophene rings is 1. The van der Waals surface area contributed by atoms with Gasteiger partial charge in [0, 0.05) is 11.4 Å². The summed E-state index contributed by atoms with van der Waals surface area (Å²) in [4.78, 5) is 24.7. The number of carbonyl (C=O) groups excluding carboxylic acids is 2. The maximum atomic E-state index is 11.4. The molecular formula is C13H18BrNO3S. The predicted octanol–water partition coefficient (Wildman–Crippen LogP) is 3.39. The summed E-state index contributed by atoms with van der Waals surface area (Å²) in [5, 5.41) is 3.03. The van der Waals surface area contributed by atoms with Crippen LogP contribution in [0.3, 0.4) is 0 Å². The summed E-state index contributed by atoms with van der Waals surface area (Å²) in [6.45, 7) is 5.97. The molecule has 1 N–H and O–H groups in total. The lowest BCUT2D eigenvalue weighted by Crippen LogP contribution is -2.33. The van der Waals surface area contributed by atoms with Crippen molar-refractivity contribution in [3.63, 3.8) is 0 Å². The largest absolute Gasteiger partial charge is 0.444 e. The second kappa shape index (κ2) is 7.05. The van der Waals surface area contributed by atoms with Crippen LogP contribution in [0.5, 0.6) is 0 Å². The quantitative estimate of drug-likeness (QED) is 0.656. The molecule has 19 heavy (non-hydrogen) atoms. The van der Waals surface area contributed by atoms with E-state index in [4.69, 9.17) is 4.74 Å². The van der Waals surface area contributed by atoms with Crippen LogP contribution in [0.2, 0.25) is 0 Å². The zero-order chi connectivity index (χ0) is 14.5. The smallest absolute Gasteiger partial charge is 0.407 e. The summed E-state index contributed by atoms with van der Waals surface area (Å²) in [5.41, 5.74) is -0.484. The number of ether oxygens (including phenoxy) is 1. The summed E-state index contributed by atoms with van der Waals surface area (Å²) < 4.78 is 5.13. The number of carbonyl (C=O) groups is 2. The van der Waals surface area contributed by atoms with Gasteiger partial charge >= 0.3 is 6.09 Å². The molecule has 106 valence electrons. The Balaban J connectivity index is 2.35. The van der Waals surface area contributed by atoms with E-state index in [0.29, 0.717) is 18.3 Å². The van der Waals surface area contributed by atoms with Crippen LogP contribution < -0.4 is 5.32 Å². The molecule has 0 radical (unpaired) electrons. The monoisotopic (exact) mass is 347 g/mol. The molecule has 1 heterocycles. The third kappa shape index (κ3) is 6.20. The minimum absolute atomic E-state index is 0.0800. The zero-order valence-electron chi connectivity index (χ0n) is 11.3. The lowest BCUT2D eigenvalue weighted by Gasteiger charge is -2.19. The number of rotatable bonds is 5. The van der Waals surface area contributed by atoms with Crippen molar-refractivity contribution >= 4 is 39.1 Å². The van der Waals surface area contributed by atoms with Gasteiger partial charge in [0.25, 0.3) is 0 Å². The van der Waals surface area contributed by atoms with E-state index in [9.17, 15) is 9.59 Å². The fourth-order valence-corrected chi connectivity index (χ4v) is 2.76. The maximum absolute atomic E-state index is 11.4. The molecule has 6 heteroatoms. The van der Waals surface area contributed by atoms with E-state index < -0.39 is 11.7 Å². The number of hydrogen-bond acceptors (Lipinski definition) is 4. The molecule has 4 nitrogen and oxygen atoms in total. The molecule has 0 bridgehead atoms. The lowest BCUT2D eigenvalue weighted by atomic mass is 10.2. The van der Waals surface area contributed by atoms with Crippen LogP contribution >= 0.6 is 27.3 Å². The second-order valence-corrected chi connectivity index (χ2v) is 6.73. The Hall–Kier alpha value is -0.880. The molecule has 0 fully saturated rings. The molecule has 0 aromatic carbocycles. The third-order valence-electron chi connectivity index (χ3n) is 2.10. The number of amides is 1. The van der Waals surface area contributed by atoms with Crippen LogP contribution in [0.4, 0.5) is 4.79 Å². The minimum Gasteiger partial charge on any atom is -0.444 e. The normalized spacial score (nSPS) is 11.2. The average molecular weight is 348 g/mol. The number of alkyl carbamates (subject to hydrolysis) is 1. The Morgan fingerprint density at radius 3 is 2.63 bits per heavy atom. The Morgan fingerprint density at radius 1 is 1.37 bits per heavy atom. The average Bonchev–Trinajstić information content (AvgIpc) is 2.74. The second-order valence-electron chi connectivity index (χ2n) is 5.00. The summed E-state index contributed by atoms with van der Waals surface area (Å²) in [7, 11) is 0. The molecule has 1 aromatic heterocycles. The van der Waals surface area contributed by atoms with E-state index in [2.05, 4.69) is 21.2 Å². The van der Waals surface area contributed by atoms with Gasteiger partial charge in [-0.15, -0.1) is 11.3 Å². The van der Waals surface area contributed by atoms with Gasteiger partial charge in [0.15, 0.2) is 5.78 Å². The van der Waals surface area contributed by atoms with Gasteiger partial charge in [-0.2, -0.15) is 0 Å². The van der Waals surface area contributed by atoms with Gasteiger partial charge in [0.05, 0.1) is 10.2 Å². The zero-order valence-corrected chi connectivity index (χ0v) is 13.7. The molecule has 1 aromatic rings. The Morgan fingerprint density at radius 2 is 2.05 bits per heavy atom. The van der Waals surface area contributed by atoms with Crippen LogP contribution in [-0.2, 0) is 11.2 Å². The van der Waals surface area contributed by atoms with E-state index in [-0.39, 0.29) is 5.78 Å². The summed E-state index contributed by atoms with van der Waals surface area (Å²) in [6, 6.07) is 3.73. The van der Waals surface area contributed by atoms with Gasteiger partial charge in [0.1, 0.15) is 5.60 Å². The molecule has 0 saturated heterocycles. The first kappa shape index (κ1) is 16.2. The standard InChI is InChI=1S/C13H18BrNO3S/c1-13(2,3)18-12(17)15-7-6-9-4-5-11(19-9)10(16)8-14/h4-5H,6-8H2,1-3H3,(H,15,17). The predicted molar refractivity (Wildman–Crippen MR) is 80.4 cm³/mol. The fraction of sp³-hybridized carbons (Fsp3) is 0.538. The summed E-state index contributed by atoms with van der Waals surface area (Å²) in [6.07, 6.45) is 0.278. The first-order chi connectivity index (χ1) is 8.81. The van der Waals surface area contributed by atoms with Crippen LogP contribution in [0.1, 0.15) is 35.3 Å². The van der Waals surface area contributed by atoms with Crippen molar-refractivity contribution in [2.75, 3.05) is 11.9 Å². The minimum atomic E-state index is -0.484. The molecule has 0 atom stereocenters. The van der Waals surface area contributed by atoms with Crippen LogP contribution in [0.15, 0.2) is 12.1 Å². The highest BCUT2D eigenvalue weighted by Crippen LogP contribution is 2.18. The number of halogens is 1. The van der Waals surface area contributed by atoms with Crippen molar-refractivity contribution in [1.82, 2.24) is 5.32 Å². The maximum Gasteiger partial charge on any atom is 0.407 e. The molecule has 0 aliphatic heterocycles. The van der Waals surface area contributed by atoms with E-state index in [1.807, 2.05) is 32.9 Å². The van der Waals surface area contributed by atoms with Crippen molar-refractivity contribution in [2.45, 2.75) is 32.8 Å². The number of alkyl halides is 1. The Bertz CT molecular complexity index is 451. The van der Waals surface area contributed by atoms with E-state index in [1.54, 1.807) is 0 Å². The van der Waals surface area contributed by atoms with Crippen molar-refractivity contribution in [2.24, 2.45) is 0 Å². The van der Waals surface area contributed by atoms with Crippen molar-refractivity contribution in [3.05, 3.63) is 21.9 Å².